The van der Waals surface area contributed by atoms with Crippen LogP contribution in [0.2, 0.25) is 0 Å². The summed E-state index contributed by atoms with van der Waals surface area (Å²) >= 11 is 5.08. The molecule has 17 heavy (non-hydrogen) atoms. The molecule has 3 N–H and O–H groups in total. The second-order valence-electron chi connectivity index (χ2n) is 5.07. The summed E-state index contributed by atoms with van der Waals surface area (Å²) in [5.74, 6) is 1.50. The summed E-state index contributed by atoms with van der Waals surface area (Å²) in [4.78, 5) is 0.465. The lowest BCUT2D eigenvalue weighted by atomic mass is 9.97. The van der Waals surface area contributed by atoms with Gasteiger partial charge in [0.2, 0.25) is 0 Å². The lowest BCUT2D eigenvalue weighted by molar-refractivity contribution is 0.435. The maximum absolute atomic E-state index is 5.74. The van der Waals surface area contributed by atoms with Crippen LogP contribution in [0.3, 0.4) is 0 Å². The number of hydrogen-bond acceptors (Lipinski definition) is 2. The molecule has 0 spiro atoms. The fraction of sp³-hybridized carbons (Fsp3) is 0.500. The number of anilines is 1. The molecular formula is C14H20N2S. The molecule has 3 unspecified atom stereocenters. The minimum atomic E-state index is 0.465. The van der Waals surface area contributed by atoms with Crippen molar-refractivity contribution in [1.29, 1.82) is 0 Å². The van der Waals surface area contributed by atoms with E-state index < -0.39 is 0 Å². The Labute approximate surface area is 109 Å². The molecular weight excluding hydrogens is 228 g/mol. The molecule has 0 heterocycles. The van der Waals surface area contributed by atoms with Gasteiger partial charge in [0.25, 0.3) is 0 Å². The minimum Gasteiger partial charge on any atom is -0.389 e. The molecule has 1 aliphatic rings. The van der Waals surface area contributed by atoms with Crippen molar-refractivity contribution in [1.82, 2.24) is 0 Å². The van der Waals surface area contributed by atoms with Gasteiger partial charge in [-0.2, -0.15) is 0 Å². The van der Waals surface area contributed by atoms with Crippen molar-refractivity contribution in [3.63, 3.8) is 0 Å². The fourth-order valence-electron chi connectivity index (χ4n) is 2.59. The third kappa shape index (κ3) is 2.60. The van der Waals surface area contributed by atoms with Gasteiger partial charge in [-0.15, -0.1) is 0 Å². The predicted octanol–water partition coefficient (Wildman–Crippen LogP) is 3.17. The zero-order chi connectivity index (χ0) is 12.4. The molecule has 2 nitrogen and oxygen atoms in total. The van der Waals surface area contributed by atoms with Crippen molar-refractivity contribution in [3.8, 4) is 0 Å². The van der Waals surface area contributed by atoms with Gasteiger partial charge in [0.1, 0.15) is 4.99 Å². The van der Waals surface area contributed by atoms with Gasteiger partial charge in [-0.25, -0.2) is 0 Å². The maximum atomic E-state index is 5.74. The van der Waals surface area contributed by atoms with Gasteiger partial charge in [0, 0.05) is 17.3 Å². The molecule has 0 aliphatic heterocycles. The minimum absolute atomic E-state index is 0.465. The highest BCUT2D eigenvalue weighted by Gasteiger charge is 2.29. The van der Waals surface area contributed by atoms with Crippen LogP contribution in [-0.4, -0.2) is 11.0 Å². The van der Waals surface area contributed by atoms with Crippen LogP contribution in [0.4, 0.5) is 5.69 Å². The molecule has 1 aromatic rings. The first-order chi connectivity index (χ1) is 8.09. The average Bonchev–Trinajstić information content (AvgIpc) is 2.61. The molecule has 0 radical (unpaired) electrons. The smallest absolute Gasteiger partial charge is 0.106 e. The Bertz CT molecular complexity index is 416. The van der Waals surface area contributed by atoms with Crippen molar-refractivity contribution < 1.29 is 0 Å². The lowest BCUT2D eigenvalue weighted by Crippen LogP contribution is -2.25. The van der Waals surface area contributed by atoms with Crippen molar-refractivity contribution in [2.75, 3.05) is 5.32 Å². The second-order valence-corrected chi connectivity index (χ2v) is 5.51. The average molecular weight is 248 g/mol. The van der Waals surface area contributed by atoms with Crippen LogP contribution >= 0.6 is 12.2 Å². The molecule has 1 aromatic carbocycles. The van der Waals surface area contributed by atoms with E-state index in [1.807, 2.05) is 18.2 Å². The third-order valence-electron chi connectivity index (χ3n) is 4.00. The highest BCUT2D eigenvalue weighted by Crippen LogP contribution is 2.33. The first-order valence-corrected chi connectivity index (χ1v) is 6.65. The van der Waals surface area contributed by atoms with Gasteiger partial charge in [-0.05, 0) is 36.8 Å². The molecule has 1 fully saturated rings. The first-order valence-electron chi connectivity index (χ1n) is 6.25. The van der Waals surface area contributed by atoms with E-state index >= 15 is 0 Å². The van der Waals surface area contributed by atoms with E-state index in [1.165, 1.54) is 12.8 Å². The van der Waals surface area contributed by atoms with Crippen molar-refractivity contribution in [3.05, 3.63) is 29.8 Å². The quantitative estimate of drug-likeness (QED) is 0.807. The number of benzene rings is 1. The van der Waals surface area contributed by atoms with Crippen LogP contribution in [0.1, 0.15) is 32.3 Å². The molecule has 1 saturated carbocycles. The van der Waals surface area contributed by atoms with Crippen LogP contribution in [0, 0.1) is 11.8 Å². The normalized spacial score (nSPS) is 28.0. The Balaban J connectivity index is 2.16. The molecule has 3 heteroatoms. The molecule has 0 aromatic heterocycles. The lowest BCUT2D eigenvalue weighted by Gasteiger charge is -2.22. The summed E-state index contributed by atoms with van der Waals surface area (Å²) in [5, 5.41) is 3.60. The van der Waals surface area contributed by atoms with Gasteiger partial charge in [0.15, 0.2) is 0 Å². The zero-order valence-corrected chi connectivity index (χ0v) is 11.3. The van der Waals surface area contributed by atoms with Gasteiger partial charge >= 0.3 is 0 Å². The van der Waals surface area contributed by atoms with Crippen LogP contribution in [0.25, 0.3) is 0 Å². The van der Waals surface area contributed by atoms with Crippen molar-refractivity contribution in [2.24, 2.45) is 17.6 Å². The Morgan fingerprint density at radius 1 is 1.29 bits per heavy atom. The van der Waals surface area contributed by atoms with E-state index in [1.54, 1.807) is 0 Å². The van der Waals surface area contributed by atoms with E-state index in [2.05, 4.69) is 25.2 Å². The SMILES string of the molecule is CC1CCC(Nc2ccccc2C(N)=S)C1C. The first kappa shape index (κ1) is 12.4. The van der Waals surface area contributed by atoms with Gasteiger partial charge in [0.05, 0.1) is 0 Å². The largest absolute Gasteiger partial charge is 0.389 e. The van der Waals surface area contributed by atoms with E-state index in [0.29, 0.717) is 16.9 Å². The van der Waals surface area contributed by atoms with Crippen molar-refractivity contribution in [2.45, 2.75) is 32.7 Å². The topological polar surface area (TPSA) is 38.0 Å². The van der Waals surface area contributed by atoms with Crippen LogP contribution < -0.4 is 11.1 Å². The standard InChI is InChI=1S/C14H20N2S/c1-9-7-8-12(10(9)2)16-13-6-4-3-5-11(13)14(15)17/h3-6,9-10,12,16H,7-8H2,1-2H3,(H2,15,17). The van der Waals surface area contributed by atoms with E-state index in [9.17, 15) is 0 Å². The predicted molar refractivity (Wildman–Crippen MR) is 77.3 cm³/mol. The molecule has 2 rings (SSSR count). The number of nitrogens with two attached hydrogens (primary N) is 1. The van der Waals surface area contributed by atoms with Gasteiger partial charge in [-0.3, -0.25) is 0 Å². The van der Waals surface area contributed by atoms with Crippen LogP contribution in [0.5, 0.6) is 0 Å². The Morgan fingerprint density at radius 2 is 2.00 bits per heavy atom. The summed E-state index contributed by atoms with van der Waals surface area (Å²) in [5.41, 5.74) is 7.77. The van der Waals surface area contributed by atoms with Crippen molar-refractivity contribution >= 4 is 22.9 Å². The van der Waals surface area contributed by atoms with E-state index in [4.69, 9.17) is 18.0 Å². The summed E-state index contributed by atoms with van der Waals surface area (Å²) in [6.45, 7) is 4.64. The number of rotatable bonds is 3. The van der Waals surface area contributed by atoms with E-state index in [0.717, 1.165) is 17.2 Å². The van der Waals surface area contributed by atoms with Crippen LogP contribution in [0.15, 0.2) is 24.3 Å². The summed E-state index contributed by atoms with van der Waals surface area (Å²) < 4.78 is 0. The molecule has 0 bridgehead atoms. The molecule has 3 atom stereocenters. The third-order valence-corrected chi connectivity index (χ3v) is 4.22. The fourth-order valence-corrected chi connectivity index (χ4v) is 2.77. The summed E-state index contributed by atoms with van der Waals surface area (Å²) in [6, 6.07) is 8.58. The van der Waals surface area contributed by atoms with Gasteiger partial charge in [-0.1, -0.05) is 38.2 Å². The number of nitrogens with one attached hydrogen (secondary N) is 1. The monoisotopic (exact) mass is 248 g/mol. The van der Waals surface area contributed by atoms with Gasteiger partial charge < -0.3 is 11.1 Å². The number of hydrogen-bond donors (Lipinski definition) is 2. The number of para-hydroxylation sites is 1. The maximum Gasteiger partial charge on any atom is 0.106 e. The molecule has 0 saturated heterocycles. The zero-order valence-electron chi connectivity index (χ0n) is 10.4. The molecule has 92 valence electrons. The Kier molecular flexibility index (Phi) is 3.67. The van der Waals surface area contributed by atoms with Crippen LogP contribution in [-0.2, 0) is 0 Å². The summed E-state index contributed by atoms with van der Waals surface area (Å²) in [6.07, 6.45) is 2.53. The second kappa shape index (κ2) is 5.05. The molecule has 1 aliphatic carbocycles. The number of thiocarbonyl (C=S) groups is 1. The highest BCUT2D eigenvalue weighted by atomic mass is 32.1. The Morgan fingerprint density at radius 3 is 2.59 bits per heavy atom. The summed E-state index contributed by atoms with van der Waals surface area (Å²) in [7, 11) is 0. The highest BCUT2D eigenvalue weighted by molar-refractivity contribution is 7.80. The Hall–Kier alpha value is -1.09. The molecule has 0 amide bonds. The van der Waals surface area contributed by atoms with E-state index in [-0.39, 0.29) is 0 Å².